The van der Waals surface area contributed by atoms with Gasteiger partial charge in [-0.05, 0) is 74.9 Å². The Morgan fingerprint density at radius 2 is 1.53 bits per heavy atom. The minimum absolute atomic E-state index is 0.186. The second-order valence-corrected chi connectivity index (χ2v) is 9.77. The summed E-state index contributed by atoms with van der Waals surface area (Å²) in [5, 5.41) is 13.3. The standard InChI is InChI=1S/C23H29N3O7S/c1-13-7-8-19(26(29)30)11-20(13)25-21(27)12-33-22(28)9-10-24-34(31,32)23-17(5)15(3)14(2)16(4)18(23)6/h7-8,11,24H,9-10,12H2,1-6H3,(H,25,27). The molecule has 2 aromatic rings. The van der Waals surface area contributed by atoms with Crippen LogP contribution in [0.1, 0.15) is 39.8 Å². The van der Waals surface area contributed by atoms with Crippen molar-refractivity contribution in [2.45, 2.75) is 52.9 Å². The summed E-state index contributed by atoms with van der Waals surface area (Å²) < 4.78 is 33.1. The minimum Gasteiger partial charge on any atom is -0.456 e. The third kappa shape index (κ3) is 6.17. The molecule has 1 amide bonds. The molecule has 10 nitrogen and oxygen atoms in total. The van der Waals surface area contributed by atoms with Gasteiger partial charge >= 0.3 is 5.97 Å². The minimum atomic E-state index is -3.86. The zero-order chi connectivity index (χ0) is 25.8. The zero-order valence-electron chi connectivity index (χ0n) is 20.1. The quantitative estimate of drug-likeness (QED) is 0.311. The molecule has 0 aliphatic rings. The molecule has 0 aliphatic heterocycles. The lowest BCUT2D eigenvalue weighted by Gasteiger charge is -2.19. The molecule has 11 heteroatoms. The Bertz CT molecular complexity index is 1220. The first-order valence-corrected chi connectivity index (χ1v) is 12.0. The first-order chi connectivity index (χ1) is 15.8. The van der Waals surface area contributed by atoms with Gasteiger partial charge < -0.3 is 10.1 Å². The van der Waals surface area contributed by atoms with Crippen LogP contribution in [0.15, 0.2) is 23.1 Å². The van der Waals surface area contributed by atoms with E-state index in [1.165, 1.54) is 18.2 Å². The number of esters is 1. The van der Waals surface area contributed by atoms with Crippen LogP contribution in [0.5, 0.6) is 0 Å². The molecular weight excluding hydrogens is 462 g/mol. The fourth-order valence-electron chi connectivity index (χ4n) is 3.49. The number of non-ortho nitro benzene ring substituents is 1. The smallest absolute Gasteiger partial charge is 0.307 e. The van der Waals surface area contributed by atoms with Crippen molar-refractivity contribution in [1.29, 1.82) is 0 Å². The molecule has 2 aromatic carbocycles. The van der Waals surface area contributed by atoms with E-state index in [9.17, 15) is 28.1 Å². The highest BCUT2D eigenvalue weighted by atomic mass is 32.2. The van der Waals surface area contributed by atoms with Gasteiger partial charge in [-0.1, -0.05) is 6.07 Å². The second-order valence-electron chi connectivity index (χ2n) is 8.07. The van der Waals surface area contributed by atoms with Crippen LogP contribution < -0.4 is 10.0 Å². The highest BCUT2D eigenvalue weighted by Gasteiger charge is 2.23. The summed E-state index contributed by atoms with van der Waals surface area (Å²) in [7, 11) is -3.86. The van der Waals surface area contributed by atoms with Gasteiger partial charge in [0.2, 0.25) is 10.0 Å². The Labute approximate surface area is 198 Å². The van der Waals surface area contributed by atoms with Crippen LogP contribution in [0.4, 0.5) is 11.4 Å². The molecule has 0 atom stereocenters. The van der Waals surface area contributed by atoms with Crippen LogP contribution in [-0.2, 0) is 24.3 Å². The molecule has 0 spiro atoms. The molecule has 0 heterocycles. The number of nitro benzene ring substituents is 1. The SMILES string of the molecule is Cc1ccc([N+](=O)[O-])cc1NC(=O)COC(=O)CCNS(=O)(=O)c1c(C)c(C)c(C)c(C)c1C. The van der Waals surface area contributed by atoms with E-state index in [0.717, 1.165) is 16.7 Å². The Balaban J connectivity index is 1.93. The molecule has 0 bridgehead atoms. The summed E-state index contributed by atoms with van der Waals surface area (Å²) in [5.74, 6) is -1.44. The average molecular weight is 492 g/mol. The van der Waals surface area contributed by atoms with E-state index in [2.05, 4.69) is 10.0 Å². The second kappa shape index (κ2) is 10.7. The maximum absolute atomic E-state index is 12.9. The van der Waals surface area contributed by atoms with Gasteiger partial charge in [-0.15, -0.1) is 0 Å². The van der Waals surface area contributed by atoms with Crippen molar-refractivity contribution >= 4 is 33.3 Å². The van der Waals surface area contributed by atoms with Gasteiger partial charge in [-0.25, -0.2) is 13.1 Å². The Hall–Kier alpha value is -3.31. The lowest BCUT2D eigenvalue weighted by Crippen LogP contribution is -2.29. The van der Waals surface area contributed by atoms with E-state index in [1.807, 2.05) is 20.8 Å². The maximum Gasteiger partial charge on any atom is 0.307 e. The third-order valence-corrected chi connectivity index (χ3v) is 7.63. The summed E-state index contributed by atoms with van der Waals surface area (Å²) in [4.78, 5) is 34.6. The van der Waals surface area contributed by atoms with Gasteiger partial charge in [0.1, 0.15) is 0 Å². The monoisotopic (exact) mass is 491 g/mol. The summed E-state index contributed by atoms with van der Waals surface area (Å²) in [6, 6.07) is 4.02. The molecule has 0 unspecified atom stereocenters. The largest absolute Gasteiger partial charge is 0.456 e. The fourth-order valence-corrected chi connectivity index (χ4v) is 5.12. The fraction of sp³-hybridized carbons (Fsp3) is 0.391. The van der Waals surface area contributed by atoms with E-state index < -0.39 is 33.4 Å². The van der Waals surface area contributed by atoms with Crippen molar-refractivity contribution in [2.75, 3.05) is 18.5 Å². The molecule has 0 saturated heterocycles. The van der Waals surface area contributed by atoms with E-state index >= 15 is 0 Å². The number of sulfonamides is 1. The highest BCUT2D eigenvalue weighted by molar-refractivity contribution is 7.89. The maximum atomic E-state index is 12.9. The number of aryl methyl sites for hydroxylation is 1. The molecule has 0 saturated carbocycles. The highest BCUT2D eigenvalue weighted by Crippen LogP contribution is 2.29. The van der Waals surface area contributed by atoms with Gasteiger partial charge in [-0.2, -0.15) is 0 Å². The number of ether oxygens (including phenoxy) is 1. The molecule has 0 aliphatic carbocycles. The third-order valence-electron chi connectivity index (χ3n) is 5.89. The van der Waals surface area contributed by atoms with Crippen LogP contribution in [0.3, 0.4) is 0 Å². The number of carbonyl (C=O) groups excluding carboxylic acids is 2. The van der Waals surface area contributed by atoms with Crippen LogP contribution in [0.2, 0.25) is 0 Å². The van der Waals surface area contributed by atoms with Crippen LogP contribution in [-0.4, -0.2) is 38.4 Å². The molecule has 184 valence electrons. The van der Waals surface area contributed by atoms with Crippen LogP contribution in [0.25, 0.3) is 0 Å². The van der Waals surface area contributed by atoms with E-state index in [1.54, 1.807) is 20.8 Å². The van der Waals surface area contributed by atoms with Crippen LogP contribution >= 0.6 is 0 Å². The summed E-state index contributed by atoms with van der Waals surface area (Å²) >= 11 is 0. The van der Waals surface area contributed by atoms with Crippen molar-refractivity contribution in [1.82, 2.24) is 4.72 Å². The molecule has 0 fully saturated rings. The van der Waals surface area contributed by atoms with E-state index in [4.69, 9.17) is 4.74 Å². The molecule has 0 aromatic heterocycles. The van der Waals surface area contributed by atoms with Crippen molar-refractivity contribution < 1.29 is 27.7 Å². The first-order valence-electron chi connectivity index (χ1n) is 10.5. The molecular formula is C23H29N3O7S. The number of nitro groups is 1. The van der Waals surface area contributed by atoms with Gasteiger partial charge in [-0.3, -0.25) is 19.7 Å². The van der Waals surface area contributed by atoms with Gasteiger partial charge in [0, 0.05) is 18.7 Å². The number of hydrogen-bond acceptors (Lipinski definition) is 7. The Morgan fingerprint density at radius 1 is 0.971 bits per heavy atom. The predicted octanol–water partition coefficient (Wildman–Crippen LogP) is 3.30. The number of carbonyl (C=O) groups is 2. The van der Waals surface area contributed by atoms with Crippen LogP contribution in [0, 0.1) is 51.7 Å². The van der Waals surface area contributed by atoms with Crippen molar-refractivity contribution in [3.8, 4) is 0 Å². The average Bonchev–Trinajstić information content (AvgIpc) is 2.76. The van der Waals surface area contributed by atoms with E-state index in [0.29, 0.717) is 16.7 Å². The van der Waals surface area contributed by atoms with Crippen molar-refractivity contribution in [2.24, 2.45) is 0 Å². The van der Waals surface area contributed by atoms with Gasteiger partial charge in [0.25, 0.3) is 11.6 Å². The lowest BCUT2D eigenvalue weighted by molar-refractivity contribution is -0.384. The number of nitrogens with zero attached hydrogens (tertiary/aromatic N) is 1. The molecule has 2 rings (SSSR count). The summed E-state index contributed by atoms with van der Waals surface area (Å²) in [6.07, 6.45) is -0.274. The van der Waals surface area contributed by atoms with Gasteiger partial charge in [0.15, 0.2) is 6.61 Å². The number of hydrogen-bond donors (Lipinski definition) is 2. The predicted molar refractivity (Wildman–Crippen MR) is 127 cm³/mol. The summed E-state index contributed by atoms with van der Waals surface area (Å²) in [5.41, 5.74) is 4.79. The number of anilines is 1. The van der Waals surface area contributed by atoms with E-state index in [-0.39, 0.29) is 29.2 Å². The first kappa shape index (κ1) is 26.9. The lowest BCUT2D eigenvalue weighted by atomic mass is 9.95. The number of benzene rings is 2. The Kier molecular flexibility index (Phi) is 8.51. The zero-order valence-corrected chi connectivity index (χ0v) is 20.9. The molecule has 34 heavy (non-hydrogen) atoms. The number of rotatable bonds is 9. The van der Waals surface area contributed by atoms with Crippen molar-refractivity contribution in [3.05, 3.63) is 61.7 Å². The normalized spacial score (nSPS) is 11.2. The molecule has 2 N–H and O–H groups in total. The number of amides is 1. The Morgan fingerprint density at radius 3 is 2.09 bits per heavy atom. The molecule has 0 radical (unpaired) electrons. The topological polar surface area (TPSA) is 145 Å². The number of nitrogens with one attached hydrogen (secondary N) is 2. The van der Waals surface area contributed by atoms with Crippen molar-refractivity contribution in [3.63, 3.8) is 0 Å². The van der Waals surface area contributed by atoms with Gasteiger partial charge in [0.05, 0.1) is 21.9 Å². The summed E-state index contributed by atoms with van der Waals surface area (Å²) in [6.45, 7) is 10.0.